The number of sulfone groups is 1. The lowest BCUT2D eigenvalue weighted by atomic mass is 10.1. The predicted octanol–water partition coefficient (Wildman–Crippen LogP) is 3.31. The molecule has 0 heterocycles. The maximum atomic E-state index is 12.6. The van der Waals surface area contributed by atoms with E-state index in [9.17, 15) is 8.42 Å². The Kier molecular flexibility index (Phi) is 4.62. The quantitative estimate of drug-likeness (QED) is 0.916. The number of nitrogens with two attached hydrogens (primary N) is 1. The van der Waals surface area contributed by atoms with E-state index in [0.717, 1.165) is 10.0 Å². The van der Waals surface area contributed by atoms with Crippen LogP contribution in [-0.2, 0) is 9.84 Å². The van der Waals surface area contributed by atoms with Crippen molar-refractivity contribution < 1.29 is 8.42 Å². The average molecular weight is 354 g/mol. The highest BCUT2D eigenvalue weighted by Crippen LogP contribution is 2.26. The van der Waals surface area contributed by atoms with Crippen molar-refractivity contribution in [2.75, 3.05) is 0 Å². The summed E-state index contributed by atoms with van der Waals surface area (Å²) in [5.41, 5.74) is 6.93. The van der Waals surface area contributed by atoms with Crippen molar-refractivity contribution in [3.05, 3.63) is 64.6 Å². The minimum Gasteiger partial charge on any atom is -0.323 e. The molecular weight excluding hydrogens is 338 g/mol. The standard InChI is InChI=1S/C15H16BrNO2S/c1-11(15(17)12-6-3-2-4-7-12)20(18,19)14-9-5-8-13(16)10-14/h2-11,15H,17H2,1H3. The summed E-state index contributed by atoms with van der Waals surface area (Å²) in [5, 5.41) is -0.695. The van der Waals surface area contributed by atoms with Crippen molar-refractivity contribution in [2.24, 2.45) is 5.73 Å². The zero-order chi connectivity index (χ0) is 14.8. The minimum atomic E-state index is -3.46. The molecule has 3 nitrogen and oxygen atoms in total. The fourth-order valence-electron chi connectivity index (χ4n) is 2.00. The van der Waals surface area contributed by atoms with Gasteiger partial charge in [-0.05, 0) is 30.7 Å². The molecular formula is C15H16BrNO2S. The molecule has 5 heteroatoms. The van der Waals surface area contributed by atoms with E-state index in [4.69, 9.17) is 5.73 Å². The van der Waals surface area contributed by atoms with Crippen molar-refractivity contribution in [1.29, 1.82) is 0 Å². The van der Waals surface area contributed by atoms with Crippen molar-refractivity contribution >= 4 is 25.8 Å². The number of benzene rings is 2. The Hall–Kier alpha value is -1.17. The molecule has 0 bridgehead atoms. The molecule has 0 saturated carbocycles. The van der Waals surface area contributed by atoms with Gasteiger partial charge in [0.15, 0.2) is 9.84 Å². The second-order valence-corrected chi connectivity index (χ2v) is 7.86. The summed E-state index contributed by atoms with van der Waals surface area (Å²) in [6.45, 7) is 1.65. The van der Waals surface area contributed by atoms with Gasteiger partial charge >= 0.3 is 0 Å². The van der Waals surface area contributed by atoms with E-state index in [1.54, 1.807) is 31.2 Å². The van der Waals surface area contributed by atoms with Gasteiger partial charge in [-0.15, -0.1) is 0 Å². The van der Waals surface area contributed by atoms with Gasteiger partial charge in [-0.2, -0.15) is 0 Å². The third kappa shape index (κ3) is 3.11. The van der Waals surface area contributed by atoms with Crippen molar-refractivity contribution in [3.63, 3.8) is 0 Å². The lowest BCUT2D eigenvalue weighted by molar-refractivity contribution is 0.565. The summed E-state index contributed by atoms with van der Waals surface area (Å²) in [5.74, 6) is 0. The van der Waals surface area contributed by atoms with Crippen LogP contribution in [0.4, 0.5) is 0 Å². The second-order valence-electron chi connectivity index (χ2n) is 4.64. The van der Waals surface area contributed by atoms with Gasteiger partial charge in [-0.25, -0.2) is 8.42 Å². The van der Waals surface area contributed by atoms with Crippen LogP contribution in [-0.4, -0.2) is 13.7 Å². The third-order valence-electron chi connectivity index (χ3n) is 3.30. The highest BCUT2D eigenvalue weighted by molar-refractivity contribution is 9.10. The first-order valence-corrected chi connectivity index (χ1v) is 8.57. The number of rotatable bonds is 4. The summed E-state index contributed by atoms with van der Waals surface area (Å²) in [6.07, 6.45) is 0. The molecule has 0 aromatic heterocycles. The molecule has 0 saturated heterocycles. The van der Waals surface area contributed by atoms with Gasteiger partial charge in [-0.1, -0.05) is 52.3 Å². The minimum absolute atomic E-state index is 0.283. The zero-order valence-corrected chi connectivity index (χ0v) is 13.4. The fourth-order valence-corrected chi connectivity index (χ4v) is 4.08. The highest BCUT2D eigenvalue weighted by atomic mass is 79.9. The lowest BCUT2D eigenvalue weighted by Crippen LogP contribution is -2.31. The van der Waals surface area contributed by atoms with Crippen LogP contribution in [0.25, 0.3) is 0 Å². The molecule has 0 spiro atoms. The largest absolute Gasteiger partial charge is 0.323 e. The van der Waals surface area contributed by atoms with Gasteiger partial charge in [0.2, 0.25) is 0 Å². The van der Waals surface area contributed by atoms with Gasteiger partial charge < -0.3 is 5.73 Å². The van der Waals surface area contributed by atoms with Crippen LogP contribution in [0, 0.1) is 0 Å². The smallest absolute Gasteiger partial charge is 0.182 e. The molecule has 0 amide bonds. The highest BCUT2D eigenvalue weighted by Gasteiger charge is 2.29. The molecule has 2 N–H and O–H groups in total. The maximum absolute atomic E-state index is 12.6. The SMILES string of the molecule is CC(C(N)c1ccccc1)S(=O)(=O)c1cccc(Br)c1. The van der Waals surface area contributed by atoms with Crippen molar-refractivity contribution in [2.45, 2.75) is 23.1 Å². The first kappa shape index (κ1) is 15.2. The summed E-state index contributed by atoms with van der Waals surface area (Å²) in [6, 6.07) is 15.4. The van der Waals surface area contributed by atoms with Gasteiger partial charge in [0.05, 0.1) is 10.1 Å². The molecule has 0 fully saturated rings. The summed E-state index contributed by atoms with van der Waals surface area (Å²) < 4.78 is 25.9. The van der Waals surface area contributed by atoms with Crippen molar-refractivity contribution in [1.82, 2.24) is 0 Å². The molecule has 0 aliphatic carbocycles. The Morgan fingerprint density at radius 2 is 1.70 bits per heavy atom. The molecule has 0 aliphatic rings. The van der Waals surface area contributed by atoms with Crippen LogP contribution in [0.15, 0.2) is 64.0 Å². The van der Waals surface area contributed by atoms with Crippen LogP contribution in [0.2, 0.25) is 0 Å². The fraction of sp³-hybridized carbons (Fsp3) is 0.200. The Balaban J connectivity index is 2.35. The molecule has 20 heavy (non-hydrogen) atoms. The number of halogens is 1. The maximum Gasteiger partial charge on any atom is 0.182 e. The average Bonchev–Trinajstić information content (AvgIpc) is 2.46. The predicted molar refractivity (Wildman–Crippen MR) is 84.2 cm³/mol. The normalized spacial score (nSPS) is 14.8. The topological polar surface area (TPSA) is 60.2 Å². The molecule has 2 unspecified atom stereocenters. The van der Waals surface area contributed by atoms with Crippen LogP contribution < -0.4 is 5.73 Å². The zero-order valence-electron chi connectivity index (χ0n) is 11.0. The van der Waals surface area contributed by atoms with Crippen LogP contribution in [0.3, 0.4) is 0 Å². The van der Waals surface area contributed by atoms with E-state index >= 15 is 0 Å². The molecule has 2 aromatic rings. The van der Waals surface area contributed by atoms with Crippen molar-refractivity contribution in [3.8, 4) is 0 Å². The van der Waals surface area contributed by atoms with E-state index < -0.39 is 21.1 Å². The van der Waals surface area contributed by atoms with Gasteiger partial charge in [-0.3, -0.25) is 0 Å². The third-order valence-corrected chi connectivity index (χ3v) is 5.98. The molecule has 2 aromatic carbocycles. The molecule has 106 valence electrons. The number of hydrogen-bond donors (Lipinski definition) is 1. The molecule has 2 rings (SSSR count). The molecule has 0 aliphatic heterocycles. The Morgan fingerprint density at radius 1 is 1.05 bits per heavy atom. The van der Waals surface area contributed by atoms with Gasteiger partial charge in [0.1, 0.15) is 0 Å². The number of hydrogen-bond acceptors (Lipinski definition) is 3. The summed E-state index contributed by atoms with van der Waals surface area (Å²) in [7, 11) is -3.46. The monoisotopic (exact) mass is 353 g/mol. The van der Waals surface area contributed by atoms with E-state index in [1.165, 1.54) is 0 Å². The van der Waals surface area contributed by atoms with Crippen LogP contribution >= 0.6 is 15.9 Å². The van der Waals surface area contributed by atoms with Gasteiger partial charge in [0.25, 0.3) is 0 Å². The van der Waals surface area contributed by atoms with Gasteiger partial charge in [0, 0.05) is 10.5 Å². The van der Waals surface area contributed by atoms with E-state index in [1.807, 2.05) is 30.3 Å². The molecule has 2 atom stereocenters. The summed E-state index contributed by atoms with van der Waals surface area (Å²) >= 11 is 3.29. The first-order chi connectivity index (χ1) is 9.43. The van der Waals surface area contributed by atoms with E-state index in [2.05, 4.69) is 15.9 Å². The molecule has 0 radical (unpaired) electrons. The Bertz CT molecular complexity index is 686. The second kappa shape index (κ2) is 6.08. The van der Waals surface area contributed by atoms with Crippen LogP contribution in [0.1, 0.15) is 18.5 Å². The Morgan fingerprint density at radius 3 is 2.30 bits per heavy atom. The summed E-state index contributed by atoms with van der Waals surface area (Å²) in [4.78, 5) is 0.283. The van der Waals surface area contributed by atoms with E-state index in [0.29, 0.717) is 0 Å². The van der Waals surface area contributed by atoms with Crippen LogP contribution in [0.5, 0.6) is 0 Å². The van der Waals surface area contributed by atoms with E-state index in [-0.39, 0.29) is 4.90 Å². The Labute approximate surface area is 127 Å². The first-order valence-electron chi connectivity index (χ1n) is 6.23. The lowest BCUT2D eigenvalue weighted by Gasteiger charge is -2.20.